The molecule has 0 aromatic rings. The van der Waals surface area contributed by atoms with Crippen LogP contribution < -0.4 is 0 Å². The van der Waals surface area contributed by atoms with Crippen molar-refractivity contribution < 1.29 is 25.2 Å². The van der Waals surface area contributed by atoms with Crippen molar-refractivity contribution in [3.05, 3.63) is 0 Å². The van der Waals surface area contributed by atoms with Gasteiger partial charge >= 0.3 is 5.97 Å². The van der Waals surface area contributed by atoms with E-state index in [1.807, 2.05) is 0 Å². The number of carboxylic acids is 1. The van der Waals surface area contributed by atoms with Gasteiger partial charge in [-0.05, 0) is 63.2 Å². The Balaban J connectivity index is 2.04. The van der Waals surface area contributed by atoms with Gasteiger partial charge in [-0.1, -0.05) is 13.3 Å². The Hall–Kier alpha value is -0.650. The van der Waals surface area contributed by atoms with Crippen molar-refractivity contribution in [2.75, 3.05) is 0 Å². The number of rotatable bonds is 1. The van der Waals surface area contributed by atoms with Crippen molar-refractivity contribution >= 4 is 5.97 Å². The number of fused-ring (bicyclic) bond motifs is 3. The van der Waals surface area contributed by atoms with Crippen LogP contribution in [0.1, 0.15) is 65.7 Å². The van der Waals surface area contributed by atoms with E-state index in [4.69, 9.17) is 0 Å². The predicted octanol–water partition coefficient (Wildman–Crippen LogP) is 1.93. The van der Waals surface area contributed by atoms with Crippen LogP contribution in [0.15, 0.2) is 0 Å². The molecule has 0 aromatic heterocycles. The van der Waals surface area contributed by atoms with Gasteiger partial charge < -0.3 is 20.4 Å². The van der Waals surface area contributed by atoms with Crippen LogP contribution in [0.2, 0.25) is 0 Å². The average Bonchev–Trinajstić information content (AvgIpc) is 2.40. The lowest BCUT2D eigenvalue weighted by Gasteiger charge is -2.65. The summed E-state index contributed by atoms with van der Waals surface area (Å²) < 4.78 is 0. The van der Waals surface area contributed by atoms with E-state index in [0.29, 0.717) is 25.7 Å². The van der Waals surface area contributed by atoms with Crippen molar-refractivity contribution in [3.63, 3.8) is 0 Å². The van der Waals surface area contributed by atoms with Crippen LogP contribution in [0.3, 0.4) is 0 Å². The molecule has 0 saturated heterocycles. The van der Waals surface area contributed by atoms with Gasteiger partial charge in [0.15, 0.2) is 0 Å². The molecule has 7 unspecified atom stereocenters. The summed E-state index contributed by atoms with van der Waals surface area (Å²) in [4.78, 5) is 11.9. The molecule has 0 heterocycles. The molecule has 3 rings (SSSR count). The second-order valence-corrected chi connectivity index (χ2v) is 9.14. The molecule has 0 amide bonds. The Bertz CT molecular complexity index is 518. The molecule has 5 heteroatoms. The Morgan fingerprint density at radius 3 is 2.30 bits per heavy atom. The van der Waals surface area contributed by atoms with E-state index in [0.717, 1.165) is 12.8 Å². The highest BCUT2D eigenvalue weighted by molar-refractivity contribution is 5.75. The van der Waals surface area contributed by atoms with Gasteiger partial charge in [0, 0.05) is 6.42 Å². The first-order chi connectivity index (χ1) is 10.5. The molecule has 3 fully saturated rings. The normalized spacial score (nSPS) is 56.5. The number of carboxylic acid groups (broad SMARTS) is 1. The summed E-state index contributed by atoms with van der Waals surface area (Å²) in [6, 6.07) is 0. The molecule has 3 aliphatic rings. The summed E-state index contributed by atoms with van der Waals surface area (Å²) in [7, 11) is 0. The van der Waals surface area contributed by atoms with E-state index >= 15 is 0 Å². The maximum Gasteiger partial charge on any atom is 0.309 e. The number of aliphatic carboxylic acids is 1. The molecule has 23 heavy (non-hydrogen) atoms. The molecule has 0 aliphatic heterocycles. The highest BCUT2D eigenvalue weighted by Crippen LogP contribution is 2.65. The number of hydrogen-bond donors (Lipinski definition) is 4. The lowest BCUT2D eigenvalue weighted by molar-refractivity contribution is -0.263. The van der Waals surface area contributed by atoms with Gasteiger partial charge in [0.2, 0.25) is 0 Å². The molecule has 3 saturated carbocycles. The zero-order chi connectivity index (χ0) is 17.3. The van der Waals surface area contributed by atoms with E-state index in [1.165, 1.54) is 0 Å². The fourth-order valence-electron chi connectivity index (χ4n) is 6.32. The van der Waals surface area contributed by atoms with E-state index in [2.05, 4.69) is 6.92 Å². The van der Waals surface area contributed by atoms with Crippen LogP contribution in [0.5, 0.6) is 0 Å². The molecule has 0 bridgehead atoms. The fourth-order valence-corrected chi connectivity index (χ4v) is 6.32. The van der Waals surface area contributed by atoms with Crippen molar-refractivity contribution in [3.8, 4) is 0 Å². The third kappa shape index (κ3) is 2.27. The lowest BCUT2D eigenvalue weighted by Crippen LogP contribution is -2.69. The summed E-state index contributed by atoms with van der Waals surface area (Å²) in [5.41, 5.74) is -3.45. The van der Waals surface area contributed by atoms with Crippen molar-refractivity contribution in [1.82, 2.24) is 0 Å². The van der Waals surface area contributed by atoms with E-state index in [-0.39, 0.29) is 23.7 Å². The standard InChI is InChI=1S/C18H30O5/c1-15(22)8-5-11-16(2)6-4-7-17(3,14(20)21)12(16)9-13(19)18(11,23)10-15/h11-13,19,22-23H,4-10H2,1-3H3,(H,20,21). The molecule has 132 valence electrons. The maximum absolute atomic E-state index is 11.9. The first-order valence-corrected chi connectivity index (χ1v) is 8.82. The van der Waals surface area contributed by atoms with Gasteiger partial charge in [-0.3, -0.25) is 4.79 Å². The third-order valence-corrected chi connectivity index (χ3v) is 7.54. The third-order valence-electron chi connectivity index (χ3n) is 7.54. The van der Waals surface area contributed by atoms with Crippen LogP contribution in [0.4, 0.5) is 0 Å². The highest BCUT2D eigenvalue weighted by Gasteiger charge is 2.67. The first kappa shape index (κ1) is 17.2. The molecular weight excluding hydrogens is 296 g/mol. The molecular formula is C18H30O5. The van der Waals surface area contributed by atoms with Crippen LogP contribution in [-0.4, -0.2) is 43.7 Å². The average molecular weight is 326 g/mol. The Morgan fingerprint density at radius 2 is 1.70 bits per heavy atom. The molecule has 3 aliphatic carbocycles. The van der Waals surface area contributed by atoms with E-state index in [9.17, 15) is 25.2 Å². The lowest BCUT2D eigenvalue weighted by atomic mass is 9.42. The predicted molar refractivity (Wildman–Crippen MR) is 84.7 cm³/mol. The molecule has 4 N–H and O–H groups in total. The number of aliphatic hydroxyl groups is 3. The summed E-state index contributed by atoms with van der Waals surface area (Å²) in [6.07, 6.45) is 3.02. The highest BCUT2D eigenvalue weighted by atomic mass is 16.4. The first-order valence-electron chi connectivity index (χ1n) is 8.82. The smallest absolute Gasteiger partial charge is 0.309 e. The largest absolute Gasteiger partial charge is 0.481 e. The van der Waals surface area contributed by atoms with Crippen LogP contribution in [0.25, 0.3) is 0 Å². The topological polar surface area (TPSA) is 98.0 Å². The second-order valence-electron chi connectivity index (χ2n) is 9.14. The monoisotopic (exact) mass is 326 g/mol. The fraction of sp³-hybridized carbons (Fsp3) is 0.944. The van der Waals surface area contributed by atoms with Gasteiger partial charge in [0.25, 0.3) is 0 Å². The van der Waals surface area contributed by atoms with Gasteiger partial charge in [-0.15, -0.1) is 0 Å². The summed E-state index contributed by atoms with van der Waals surface area (Å²) in [5.74, 6) is -1.11. The zero-order valence-corrected chi connectivity index (χ0v) is 14.4. The molecule has 5 nitrogen and oxygen atoms in total. The SMILES string of the molecule is CC1(O)CCC2C3(C)CCCC(C)(C(=O)O)C3CC(O)C2(O)C1. The van der Waals surface area contributed by atoms with Gasteiger partial charge in [-0.2, -0.15) is 0 Å². The Kier molecular flexibility index (Phi) is 3.68. The van der Waals surface area contributed by atoms with E-state index in [1.54, 1.807) is 13.8 Å². The van der Waals surface area contributed by atoms with Gasteiger partial charge in [0.1, 0.15) is 0 Å². The van der Waals surface area contributed by atoms with Gasteiger partial charge in [-0.25, -0.2) is 0 Å². The Morgan fingerprint density at radius 1 is 1.04 bits per heavy atom. The number of aliphatic hydroxyl groups excluding tert-OH is 1. The van der Waals surface area contributed by atoms with Crippen LogP contribution >= 0.6 is 0 Å². The molecule has 0 spiro atoms. The van der Waals surface area contributed by atoms with Crippen molar-refractivity contribution in [2.24, 2.45) is 22.7 Å². The van der Waals surface area contributed by atoms with Crippen molar-refractivity contribution in [2.45, 2.75) is 83.0 Å². The second kappa shape index (κ2) is 4.93. The van der Waals surface area contributed by atoms with Crippen molar-refractivity contribution in [1.29, 1.82) is 0 Å². The minimum atomic E-state index is -1.32. The number of carbonyl (C=O) groups is 1. The number of hydrogen-bond acceptors (Lipinski definition) is 4. The minimum Gasteiger partial charge on any atom is -0.481 e. The molecule has 0 aromatic carbocycles. The molecule has 7 atom stereocenters. The maximum atomic E-state index is 11.9. The minimum absolute atomic E-state index is 0.149. The van der Waals surface area contributed by atoms with E-state index < -0.39 is 28.7 Å². The van der Waals surface area contributed by atoms with Gasteiger partial charge in [0.05, 0.1) is 22.7 Å². The summed E-state index contributed by atoms with van der Waals surface area (Å²) >= 11 is 0. The summed E-state index contributed by atoms with van der Waals surface area (Å²) in [5, 5.41) is 42.2. The summed E-state index contributed by atoms with van der Waals surface area (Å²) in [6.45, 7) is 5.61. The molecule has 0 radical (unpaired) electrons. The quantitative estimate of drug-likeness (QED) is 0.590. The van der Waals surface area contributed by atoms with Crippen LogP contribution in [0, 0.1) is 22.7 Å². The van der Waals surface area contributed by atoms with Crippen LogP contribution in [-0.2, 0) is 4.79 Å². The zero-order valence-electron chi connectivity index (χ0n) is 14.4. The Labute approximate surface area is 137 Å².